The lowest BCUT2D eigenvalue weighted by molar-refractivity contribution is 1.66. The van der Waals surface area contributed by atoms with Crippen LogP contribution in [0.4, 0.5) is 5.69 Å². The van der Waals surface area contributed by atoms with Gasteiger partial charge in [0.2, 0.25) is 0 Å². The minimum absolute atomic E-state index is 0.762. The second-order valence-electron chi connectivity index (χ2n) is 4.31. The van der Waals surface area contributed by atoms with Gasteiger partial charge in [-0.15, -0.1) is 11.3 Å². The van der Waals surface area contributed by atoms with Crippen molar-refractivity contribution in [3.63, 3.8) is 0 Å². The fraction of sp³-hybridized carbons (Fsp3) is 0.0588. The fourth-order valence-electron chi connectivity index (χ4n) is 2.01. The van der Waals surface area contributed by atoms with E-state index < -0.39 is 0 Å². The zero-order valence-corrected chi connectivity index (χ0v) is 11.9. The topological polar surface area (TPSA) is 26.0 Å². The minimum Gasteiger partial charge on any atom is -0.399 e. The lowest BCUT2D eigenvalue weighted by Crippen LogP contribution is -1.85. The Bertz CT molecular complexity index is 701. The molecule has 2 rings (SSSR count). The number of allylic oxidation sites excluding steroid dienone is 4. The van der Waals surface area contributed by atoms with Crippen molar-refractivity contribution in [2.24, 2.45) is 0 Å². The van der Waals surface area contributed by atoms with Gasteiger partial charge >= 0.3 is 0 Å². The summed E-state index contributed by atoms with van der Waals surface area (Å²) in [5.41, 5.74) is 9.57. The molecular formula is C17H17NS. The largest absolute Gasteiger partial charge is 0.399 e. The van der Waals surface area contributed by atoms with Crippen LogP contribution in [0.1, 0.15) is 17.4 Å². The van der Waals surface area contributed by atoms with Gasteiger partial charge in [0.05, 0.1) is 0 Å². The molecule has 0 atom stereocenters. The quantitative estimate of drug-likeness (QED) is 0.592. The Hall–Kier alpha value is -2.06. The van der Waals surface area contributed by atoms with Gasteiger partial charge in [0.1, 0.15) is 0 Å². The molecule has 2 heteroatoms. The minimum atomic E-state index is 0.762. The zero-order chi connectivity index (χ0) is 14.0. The van der Waals surface area contributed by atoms with Gasteiger partial charge in [0, 0.05) is 26.2 Å². The number of rotatable bonds is 4. The average molecular weight is 267 g/mol. The van der Waals surface area contributed by atoms with Crippen molar-refractivity contribution in [1.29, 1.82) is 0 Å². The van der Waals surface area contributed by atoms with Crippen molar-refractivity contribution in [2.75, 3.05) is 5.73 Å². The van der Waals surface area contributed by atoms with E-state index in [2.05, 4.69) is 19.7 Å². The summed E-state index contributed by atoms with van der Waals surface area (Å²) in [5.74, 6) is 0. The summed E-state index contributed by atoms with van der Waals surface area (Å²) in [6.45, 7) is 14.1. The summed E-state index contributed by atoms with van der Waals surface area (Å²) in [5, 5.41) is 1.13. The molecule has 0 aliphatic carbocycles. The maximum Gasteiger partial charge on any atom is 0.0427 e. The molecule has 1 aromatic carbocycles. The van der Waals surface area contributed by atoms with Crippen molar-refractivity contribution >= 4 is 38.8 Å². The van der Waals surface area contributed by atoms with Gasteiger partial charge in [-0.05, 0) is 36.3 Å². The number of fused-ring (bicyclic) bond motifs is 1. The molecule has 0 bridgehead atoms. The highest BCUT2D eigenvalue weighted by Gasteiger charge is 2.13. The van der Waals surface area contributed by atoms with Gasteiger partial charge in [-0.25, -0.2) is 0 Å². The molecule has 0 aliphatic rings. The van der Waals surface area contributed by atoms with Crippen molar-refractivity contribution in [1.82, 2.24) is 0 Å². The van der Waals surface area contributed by atoms with E-state index in [1.807, 2.05) is 43.4 Å². The standard InChI is InChI=1S/C17H17NS/c1-5-7-11(3)12(4)17-14(6-2)15-10-13(18)8-9-16(15)19-17/h5-10H,2-4,18H2,1H3. The van der Waals surface area contributed by atoms with Crippen LogP contribution < -0.4 is 5.73 Å². The first-order chi connectivity index (χ1) is 9.08. The highest BCUT2D eigenvalue weighted by Crippen LogP contribution is 2.39. The Balaban J connectivity index is 2.64. The molecular weight excluding hydrogens is 250 g/mol. The summed E-state index contributed by atoms with van der Waals surface area (Å²) < 4.78 is 1.19. The van der Waals surface area contributed by atoms with Gasteiger partial charge in [-0.2, -0.15) is 0 Å². The first-order valence-electron chi connectivity index (χ1n) is 6.04. The molecule has 0 spiro atoms. The van der Waals surface area contributed by atoms with Crippen LogP contribution in [0.5, 0.6) is 0 Å². The van der Waals surface area contributed by atoms with Crippen LogP contribution in [0.15, 0.2) is 55.7 Å². The monoisotopic (exact) mass is 267 g/mol. The van der Waals surface area contributed by atoms with Crippen LogP contribution in [0, 0.1) is 0 Å². The summed E-state index contributed by atoms with van der Waals surface area (Å²) >= 11 is 1.70. The zero-order valence-electron chi connectivity index (χ0n) is 11.1. The second-order valence-corrected chi connectivity index (χ2v) is 5.36. The number of hydrogen-bond acceptors (Lipinski definition) is 2. The maximum absolute atomic E-state index is 5.86. The van der Waals surface area contributed by atoms with E-state index in [-0.39, 0.29) is 0 Å². The van der Waals surface area contributed by atoms with Gasteiger partial charge in [0.25, 0.3) is 0 Å². The van der Waals surface area contributed by atoms with Crippen LogP contribution in [0.2, 0.25) is 0 Å². The number of nitrogen functional groups attached to an aromatic ring is 1. The Morgan fingerprint density at radius 3 is 2.68 bits per heavy atom. The van der Waals surface area contributed by atoms with Crippen molar-refractivity contribution in [2.45, 2.75) is 6.92 Å². The molecule has 0 radical (unpaired) electrons. The third kappa shape index (κ3) is 2.40. The molecule has 0 amide bonds. The van der Waals surface area contributed by atoms with Crippen LogP contribution in [0.25, 0.3) is 21.7 Å². The van der Waals surface area contributed by atoms with E-state index in [1.165, 1.54) is 4.70 Å². The molecule has 0 saturated heterocycles. The normalized spacial score (nSPS) is 11.0. The van der Waals surface area contributed by atoms with Gasteiger partial charge < -0.3 is 5.73 Å². The molecule has 96 valence electrons. The summed E-state index contributed by atoms with van der Waals surface area (Å²) in [6.07, 6.45) is 5.79. The predicted octanol–water partition coefficient (Wildman–Crippen LogP) is 5.27. The molecule has 1 aromatic heterocycles. The Morgan fingerprint density at radius 2 is 2.05 bits per heavy atom. The Kier molecular flexibility index (Phi) is 3.72. The second kappa shape index (κ2) is 5.29. The third-order valence-corrected chi connectivity index (χ3v) is 4.23. The van der Waals surface area contributed by atoms with Gasteiger partial charge in [-0.3, -0.25) is 0 Å². The number of benzene rings is 1. The van der Waals surface area contributed by atoms with E-state index in [0.717, 1.165) is 32.7 Å². The highest BCUT2D eigenvalue weighted by atomic mass is 32.1. The molecule has 2 aromatic rings. The van der Waals surface area contributed by atoms with Crippen LogP contribution in [-0.2, 0) is 0 Å². The van der Waals surface area contributed by atoms with E-state index >= 15 is 0 Å². The molecule has 1 heterocycles. The predicted molar refractivity (Wildman–Crippen MR) is 89.3 cm³/mol. The molecule has 2 N–H and O–H groups in total. The van der Waals surface area contributed by atoms with Crippen LogP contribution >= 0.6 is 11.3 Å². The first kappa shape index (κ1) is 13.4. The molecule has 0 saturated carbocycles. The van der Waals surface area contributed by atoms with E-state index in [4.69, 9.17) is 5.73 Å². The lowest BCUT2D eigenvalue weighted by atomic mass is 10.0. The number of thiophene rings is 1. The first-order valence-corrected chi connectivity index (χ1v) is 6.85. The Morgan fingerprint density at radius 1 is 1.32 bits per heavy atom. The van der Waals surface area contributed by atoms with Crippen LogP contribution in [0.3, 0.4) is 0 Å². The SMILES string of the molecule is C=Cc1c(C(=C)C(=C)C=CC)sc2ccc(N)cc12. The smallest absolute Gasteiger partial charge is 0.0427 e. The van der Waals surface area contributed by atoms with Gasteiger partial charge in [0.15, 0.2) is 0 Å². The summed E-state index contributed by atoms with van der Waals surface area (Å²) in [6, 6.07) is 5.94. The molecule has 0 unspecified atom stereocenters. The van der Waals surface area contributed by atoms with E-state index in [0.29, 0.717) is 0 Å². The van der Waals surface area contributed by atoms with Gasteiger partial charge in [-0.1, -0.05) is 38.0 Å². The average Bonchev–Trinajstić information content (AvgIpc) is 2.75. The molecule has 0 fully saturated rings. The molecule has 1 nitrogen and oxygen atoms in total. The number of anilines is 1. The summed E-state index contributed by atoms with van der Waals surface area (Å²) in [7, 11) is 0. The Labute approximate surface area is 118 Å². The third-order valence-electron chi connectivity index (χ3n) is 2.98. The highest BCUT2D eigenvalue weighted by molar-refractivity contribution is 7.20. The lowest BCUT2D eigenvalue weighted by Gasteiger charge is -2.04. The number of nitrogens with two attached hydrogens (primary N) is 1. The fourth-order valence-corrected chi connectivity index (χ4v) is 3.20. The summed E-state index contributed by atoms with van der Waals surface area (Å²) in [4.78, 5) is 1.11. The van der Waals surface area contributed by atoms with Crippen molar-refractivity contribution < 1.29 is 0 Å². The number of hydrogen-bond donors (Lipinski definition) is 1. The molecule has 0 aliphatic heterocycles. The van der Waals surface area contributed by atoms with Crippen LogP contribution in [-0.4, -0.2) is 0 Å². The maximum atomic E-state index is 5.86. The molecule has 19 heavy (non-hydrogen) atoms. The van der Waals surface area contributed by atoms with E-state index in [9.17, 15) is 0 Å². The van der Waals surface area contributed by atoms with Crippen molar-refractivity contribution in [3.05, 3.63) is 66.1 Å². The van der Waals surface area contributed by atoms with Crippen molar-refractivity contribution in [3.8, 4) is 0 Å². The van der Waals surface area contributed by atoms with E-state index in [1.54, 1.807) is 11.3 Å².